The number of aromatic nitrogens is 3. The molecule has 0 saturated carbocycles. The molecule has 0 bridgehead atoms. The Labute approximate surface area is 131 Å². The van der Waals surface area contributed by atoms with Crippen LogP contribution in [0, 0.1) is 17.6 Å². The van der Waals surface area contributed by atoms with Gasteiger partial charge in [-0.1, -0.05) is 0 Å². The van der Waals surface area contributed by atoms with Crippen LogP contribution in [-0.4, -0.2) is 36.8 Å². The Bertz CT molecular complexity index is 783. The molecule has 1 aromatic carbocycles. The highest BCUT2D eigenvalue weighted by Gasteiger charge is 2.33. The molecule has 7 nitrogen and oxygen atoms in total. The van der Waals surface area contributed by atoms with E-state index in [0.717, 1.165) is 12.1 Å². The summed E-state index contributed by atoms with van der Waals surface area (Å²) in [6, 6.07) is 2.29. The third-order valence-corrected chi connectivity index (χ3v) is 5.07. The van der Waals surface area contributed by atoms with Crippen LogP contribution in [0.1, 0.15) is 18.3 Å². The fourth-order valence-electron chi connectivity index (χ4n) is 2.47. The van der Waals surface area contributed by atoms with Crippen LogP contribution >= 0.6 is 0 Å². The molecule has 2 atom stereocenters. The second-order valence-corrected chi connectivity index (χ2v) is 6.87. The molecular weight excluding hydrogens is 330 g/mol. The Kier molecular flexibility index (Phi) is 4.37. The maximum Gasteiger partial charge on any atom is 0.243 e. The van der Waals surface area contributed by atoms with E-state index in [4.69, 9.17) is 4.74 Å². The molecule has 2 aromatic rings. The number of hydrogen-bond donors (Lipinski definition) is 2. The molecular formula is C13H14F2N4O3S. The van der Waals surface area contributed by atoms with Gasteiger partial charge in [-0.2, -0.15) is 5.10 Å². The molecule has 2 heterocycles. The van der Waals surface area contributed by atoms with E-state index in [2.05, 4.69) is 19.9 Å². The molecule has 3 rings (SSSR count). The van der Waals surface area contributed by atoms with Crippen molar-refractivity contribution in [1.82, 2.24) is 19.9 Å². The number of nitrogens with zero attached hydrogens (tertiary/aromatic N) is 2. The van der Waals surface area contributed by atoms with Gasteiger partial charge < -0.3 is 4.74 Å². The van der Waals surface area contributed by atoms with E-state index < -0.39 is 32.7 Å². The van der Waals surface area contributed by atoms with Crippen LogP contribution in [0.5, 0.6) is 0 Å². The molecule has 1 saturated heterocycles. The predicted molar refractivity (Wildman–Crippen MR) is 74.7 cm³/mol. The van der Waals surface area contributed by atoms with Gasteiger partial charge in [0.25, 0.3) is 0 Å². The minimum Gasteiger partial charge on any atom is -0.370 e. The van der Waals surface area contributed by atoms with E-state index in [9.17, 15) is 17.2 Å². The van der Waals surface area contributed by atoms with Crippen molar-refractivity contribution >= 4 is 10.0 Å². The van der Waals surface area contributed by atoms with Gasteiger partial charge in [-0.05, 0) is 24.6 Å². The third-order valence-electron chi connectivity index (χ3n) is 3.64. The van der Waals surface area contributed by atoms with Crippen molar-refractivity contribution in [2.45, 2.75) is 17.4 Å². The summed E-state index contributed by atoms with van der Waals surface area (Å²) >= 11 is 0. The monoisotopic (exact) mass is 344 g/mol. The fourth-order valence-corrected chi connectivity index (χ4v) is 3.66. The van der Waals surface area contributed by atoms with Crippen molar-refractivity contribution in [3.63, 3.8) is 0 Å². The first-order chi connectivity index (χ1) is 11.0. The van der Waals surface area contributed by atoms with Gasteiger partial charge in [0.2, 0.25) is 10.0 Å². The zero-order chi connectivity index (χ0) is 16.4. The summed E-state index contributed by atoms with van der Waals surface area (Å²) < 4.78 is 58.9. The smallest absolute Gasteiger partial charge is 0.243 e. The van der Waals surface area contributed by atoms with E-state index >= 15 is 0 Å². The lowest BCUT2D eigenvalue weighted by Gasteiger charge is -2.17. The zero-order valence-electron chi connectivity index (χ0n) is 11.9. The van der Waals surface area contributed by atoms with Crippen LogP contribution in [0.2, 0.25) is 0 Å². The van der Waals surface area contributed by atoms with Gasteiger partial charge in [0.1, 0.15) is 29.0 Å². The number of rotatable bonds is 5. The summed E-state index contributed by atoms with van der Waals surface area (Å²) in [6.45, 7) is 0.468. The lowest BCUT2D eigenvalue weighted by Crippen LogP contribution is -2.31. The number of halogens is 2. The number of aromatic amines is 1. The summed E-state index contributed by atoms with van der Waals surface area (Å²) in [5, 5.41) is 6.41. The number of H-pyrrole nitrogens is 1. The normalized spacial score (nSPS) is 21.7. The van der Waals surface area contributed by atoms with Gasteiger partial charge in [0.15, 0.2) is 5.82 Å². The van der Waals surface area contributed by atoms with Crippen LogP contribution in [0.3, 0.4) is 0 Å². The second kappa shape index (κ2) is 6.30. The highest BCUT2D eigenvalue weighted by Crippen LogP contribution is 2.32. The lowest BCUT2D eigenvalue weighted by atomic mass is 10.0. The first kappa shape index (κ1) is 16.0. The standard InChI is InChI=1S/C13H14F2N4O3S/c14-9-1-2-10(15)11(5-9)23(20,21)18-6-8-3-4-22-12(8)13-16-7-17-19-13/h1-2,5,7-8,12,18H,3-4,6H2,(H,16,17,19)/t8-,12-/m0/s1. The topological polar surface area (TPSA) is 97.0 Å². The number of sulfonamides is 1. The van der Waals surface area contributed by atoms with Crippen molar-refractivity contribution < 1.29 is 21.9 Å². The van der Waals surface area contributed by atoms with Gasteiger partial charge in [0.05, 0.1) is 0 Å². The van der Waals surface area contributed by atoms with Crippen LogP contribution in [0.25, 0.3) is 0 Å². The zero-order valence-corrected chi connectivity index (χ0v) is 12.7. The van der Waals surface area contributed by atoms with Crippen molar-refractivity contribution in [2.75, 3.05) is 13.2 Å². The molecule has 2 N–H and O–H groups in total. The average Bonchev–Trinajstić information content (AvgIpc) is 3.17. The maximum absolute atomic E-state index is 13.6. The van der Waals surface area contributed by atoms with Gasteiger partial charge in [0, 0.05) is 19.1 Å². The SMILES string of the molecule is O=S(=O)(NC[C@@H]1CCO[C@@H]1c1ncn[nH]1)c1cc(F)ccc1F. The molecule has 1 aliphatic heterocycles. The number of nitrogens with one attached hydrogen (secondary N) is 2. The summed E-state index contributed by atoms with van der Waals surface area (Å²) in [6.07, 6.45) is 1.53. The molecule has 0 amide bonds. The summed E-state index contributed by atoms with van der Waals surface area (Å²) in [4.78, 5) is 3.28. The summed E-state index contributed by atoms with van der Waals surface area (Å²) in [5.74, 6) is -1.51. The van der Waals surface area contributed by atoms with E-state index in [1.54, 1.807) is 0 Å². The number of ether oxygens (including phenoxy) is 1. The maximum atomic E-state index is 13.6. The van der Waals surface area contributed by atoms with E-state index in [1.807, 2.05) is 0 Å². The van der Waals surface area contributed by atoms with Crippen molar-refractivity contribution in [3.8, 4) is 0 Å². The summed E-state index contributed by atoms with van der Waals surface area (Å²) in [7, 11) is -4.16. The molecule has 10 heteroatoms. The van der Waals surface area contributed by atoms with Gasteiger partial charge in [-0.15, -0.1) is 0 Å². The largest absolute Gasteiger partial charge is 0.370 e. The Hall–Kier alpha value is -1.91. The van der Waals surface area contributed by atoms with E-state index in [1.165, 1.54) is 6.33 Å². The van der Waals surface area contributed by atoms with Gasteiger partial charge in [-0.3, -0.25) is 5.10 Å². The Balaban J connectivity index is 1.73. The highest BCUT2D eigenvalue weighted by atomic mass is 32.2. The molecule has 0 aliphatic carbocycles. The molecule has 1 aromatic heterocycles. The number of benzene rings is 1. The molecule has 124 valence electrons. The first-order valence-electron chi connectivity index (χ1n) is 6.89. The van der Waals surface area contributed by atoms with Gasteiger partial charge in [-0.25, -0.2) is 26.9 Å². The Morgan fingerprint density at radius 1 is 1.39 bits per heavy atom. The third kappa shape index (κ3) is 3.38. The first-order valence-corrected chi connectivity index (χ1v) is 8.37. The molecule has 1 aliphatic rings. The van der Waals surface area contributed by atoms with Crippen molar-refractivity contribution in [3.05, 3.63) is 42.0 Å². The van der Waals surface area contributed by atoms with Crippen LogP contribution in [0.4, 0.5) is 8.78 Å². The Morgan fingerprint density at radius 3 is 2.96 bits per heavy atom. The van der Waals surface area contributed by atoms with Crippen LogP contribution in [-0.2, 0) is 14.8 Å². The molecule has 0 spiro atoms. The highest BCUT2D eigenvalue weighted by molar-refractivity contribution is 7.89. The van der Waals surface area contributed by atoms with Crippen molar-refractivity contribution in [1.29, 1.82) is 0 Å². The molecule has 23 heavy (non-hydrogen) atoms. The van der Waals surface area contributed by atoms with E-state index in [-0.39, 0.29) is 12.5 Å². The van der Waals surface area contributed by atoms with Crippen LogP contribution < -0.4 is 4.72 Å². The summed E-state index contributed by atoms with van der Waals surface area (Å²) in [5.41, 5.74) is 0. The predicted octanol–water partition coefficient (Wildman–Crippen LogP) is 1.14. The molecule has 0 unspecified atom stereocenters. The molecule has 0 radical (unpaired) electrons. The number of hydrogen-bond acceptors (Lipinski definition) is 5. The quantitative estimate of drug-likeness (QED) is 0.848. The van der Waals surface area contributed by atoms with Crippen molar-refractivity contribution in [2.24, 2.45) is 5.92 Å². The molecule has 1 fully saturated rings. The van der Waals surface area contributed by atoms with Crippen LogP contribution in [0.15, 0.2) is 29.4 Å². The minimum atomic E-state index is -4.16. The van der Waals surface area contributed by atoms with Gasteiger partial charge >= 0.3 is 0 Å². The Morgan fingerprint density at radius 2 is 2.22 bits per heavy atom. The second-order valence-electron chi connectivity index (χ2n) is 5.14. The minimum absolute atomic E-state index is 0.0175. The fraction of sp³-hybridized carbons (Fsp3) is 0.385. The van der Waals surface area contributed by atoms with E-state index in [0.29, 0.717) is 24.9 Å². The average molecular weight is 344 g/mol. The lowest BCUT2D eigenvalue weighted by molar-refractivity contribution is 0.0848.